The normalized spacial score (nSPS) is 13.6. The van der Waals surface area contributed by atoms with E-state index in [2.05, 4.69) is 222 Å². The van der Waals surface area contributed by atoms with E-state index in [0.29, 0.717) is 141 Å². The lowest BCUT2D eigenvalue weighted by atomic mass is 9.88. The predicted molar refractivity (Wildman–Crippen MR) is 461 cm³/mol. The van der Waals surface area contributed by atoms with E-state index in [4.69, 9.17) is 37.9 Å². The Hall–Kier alpha value is -4.40. The zero-order valence-corrected chi connectivity index (χ0v) is 78.7. The van der Waals surface area contributed by atoms with Crippen molar-refractivity contribution in [1.82, 2.24) is 19.6 Å². The maximum absolute atomic E-state index is 13.5. The molecule has 4 unspecified atom stereocenters. The Morgan fingerprint density at radius 1 is 0.195 bits per heavy atom. The molecule has 0 N–H and O–H groups in total. The van der Waals surface area contributed by atoms with Gasteiger partial charge in [-0.2, -0.15) is 0 Å². The van der Waals surface area contributed by atoms with Crippen LogP contribution in [0.2, 0.25) is 0 Å². The van der Waals surface area contributed by atoms with Gasteiger partial charge in [-0.3, -0.25) is 58.0 Å². The molecule has 0 bridgehead atoms. The number of rotatable bonds is 63. The Balaban J connectivity index is 0. The van der Waals surface area contributed by atoms with Crippen molar-refractivity contribution >= 4 is 47.8 Å². The summed E-state index contributed by atoms with van der Waals surface area (Å²) < 4.78 is 47.3. The summed E-state index contributed by atoms with van der Waals surface area (Å²) in [5.74, 6) is 3.97. The molecule has 0 aromatic carbocycles. The second kappa shape index (κ2) is 61.9. The van der Waals surface area contributed by atoms with Crippen molar-refractivity contribution in [2.45, 2.75) is 329 Å². The monoisotopic (exact) mass is 1610 g/mol. The minimum atomic E-state index is -0.424. The minimum absolute atomic E-state index is 0.0664. The quantitative estimate of drug-likeness (QED) is 0.0408. The van der Waals surface area contributed by atoms with Crippen molar-refractivity contribution in [3.8, 4) is 0 Å². The number of nitrogens with zero attached hydrogens (tertiary/aromatic N) is 4. The van der Waals surface area contributed by atoms with Crippen LogP contribution in [0.25, 0.3) is 0 Å². The van der Waals surface area contributed by atoms with Crippen LogP contribution in [0.15, 0.2) is 0 Å². The molecule has 0 aromatic rings. The van der Waals surface area contributed by atoms with Gasteiger partial charge in [-0.05, 0) is 202 Å². The van der Waals surface area contributed by atoms with E-state index in [1.54, 1.807) is 19.6 Å². The molecule has 0 aliphatic rings. The second-order valence-corrected chi connectivity index (χ2v) is 39.9. The maximum atomic E-state index is 13.5. The Kier molecular flexibility index (Phi) is 60.6. The van der Waals surface area contributed by atoms with E-state index in [0.717, 1.165) is 77.0 Å². The summed E-state index contributed by atoms with van der Waals surface area (Å²) in [7, 11) is 0. The summed E-state index contributed by atoms with van der Waals surface area (Å²) in [6.07, 6.45) is 9.59. The van der Waals surface area contributed by atoms with Gasteiger partial charge in [-0.15, -0.1) is 0 Å². The van der Waals surface area contributed by atoms with E-state index in [1.165, 1.54) is 0 Å². The van der Waals surface area contributed by atoms with Crippen LogP contribution in [0.4, 0.5) is 0 Å². The average Bonchev–Trinajstić information content (AvgIpc) is 0.896. The van der Waals surface area contributed by atoms with Gasteiger partial charge in [0.05, 0.1) is 78.8 Å². The van der Waals surface area contributed by atoms with Gasteiger partial charge in [0.15, 0.2) is 0 Å². The van der Waals surface area contributed by atoms with Crippen LogP contribution < -0.4 is 0 Å². The highest BCUT2D eigenvalue weighted by Crippen LogP contribution is 2.27. The van der Waals surface area contributed by atoms with Gasteiger partial charge in [-0.25, -0.2) is 0 Å². The lowest BCUT2D eigenvalue weighted by molar-refractivity contribution is -0.157. The van der Waals surface area contributed by atoms with Crippen LogP contribution >= 0.6 is 0 Å². The summed E-state index contributed by atoms with van der Waals surface area (Å²) in [6.45, 7) is 69.9. The van der Waals surface area contributed by atoms with Crippen molar-refractivity contribution < 1.29 is 76.3 Å². The Bertz CT molecular complexity index is 2160. The molecule has 20 nitrogen and oxygen atoms in total. The molecule has 0 fully saturated rings. The molecule has 0 amide bonds. The van der Waals surface area contributed by atoms with E-state index < -0.39 is 23.9 Å². The van der Waals surface area contributed by atoms with E-state index >= 15 is 0 Å². The molecule has 0 saturated carbocycles. The first-order chi connectivity index (χ1) is 52.4. The van der Waals surface area contributed by atoms with Gasteiger partial charge in [0, 0.05) is 26.2 Å². The van der Waals surface area contributed by atoms with Gasteiger partial charge >= 0.3 is 47.8 Å². The molecule has 0 radical (unpaired) electrons. The fraction of sp³-hybridized carbons (Fsp3) is 0.914. The third-order valence-corrected chi connectivity index (χ3v) is 20.3. The van der Waals surface area contributed by atoms with Crippen molar-refractivity contribution in [2.24, 2.45) is 118 Å². The second-order valence-electron chi connectivity index (χ2n) is 39.9. The molecular weight excluding hydrogens is 1430 g/mol. The van der Waals surface area contributed by atoms with Crippen molar-refractivity contribution in [1.29, 1.82) is 0 Å². The number of carbonyl (C=O) groups is 8. The number of hydrogen-bond donors (Lipinski definition) is 0. The van der Waals surface area contributed by atoms with Crippen LogP contribution in [-0.2, 0) is 76.3 Å². The standard InChI is InChI=1S/C47H90N2O8.C46H88N2O8/c1-32(2)20-40(21-33(3)4)54-44(50)28-48(29-45(51)55-41(22-34(5)6)23-35(7)8)18-17-19-49(30-46(52)56-42(24-36(9)10)25-37(11)12)31-47(53)57-43(26-38(13)14)27-39(15)16;1-31(2)19-39(35(9)10)27-53-43(49)23-47(24-44(50)54-28-40(36(11)12)20-32(3)4)17-18-48(25-45(51)55-29-41(37(13)14)21-33(5)6)26-46(52)56-30-42(38(15)16)22-34(7)8/h32-43H,17-31H2,1-16H3;31-42H,17-30H2,1-16H3. The first-order valence-corrected chi connectivity index (χ1v) is 44.7. The highest BCUT2D eigenvalue weighted by molar-refractivity contribution is 5.77. The highest BCUT2D eigenvalue weighted by atomic mass is 16.6. The predicted octanol–water partition coefficient (Wildman–Crippen LogP) is 19.0. The lowest BCUT2D eigenvalue weighted by Crippen LogP contribution is -2.45. The first kappa shape index (κ1) is 111. The summed E-state index contributed by atoms with van der Waals surface area (Å²) in [5, 5.41) is 0. The molecule has 20 heteroatoms. The topological polar surface area (TPSA) is 223 Å². The summed E-state index contributed by atoms with van der Waals surface area (Å²) in [6, 6.07) is 0. The number of ether oxygens (including phenoxy) is 8. The van der Waals surface area contributed by atoms with Crippen LogP contribution in [0.1, 0.15) is 305 Å². The van der Waals surface area contributed by atoms with E-state index in [-0.39, 0.29) is 137 Å². The average molecular weight is 1610 g/mol. The molecule has 0 rings (SSSR count). The first-order valence-electron chi connectivity index (χ1n) is 44.7. The molecule has 0 heterocycles. The van der Waals surface area contributed by atoms with Crippen molar-refractivity contribution in [3.63, 3.8) is 0 Å². The fourth-order valence-corrected chi connectivity index (χ4v) is 14.5. The molecule has 666 valence electrons. The Morgan fingerprint density at radius 2 is 0.336 bits per heavy atom. The zero-order chi connectivity index (χ0) is 86.9. The van der Waals surface area contributed by atoms with E-state index in [1.807, 2.05) is 0 Å². The summed E-state index contributed by atoms with van der Waals surface area (Å²) >= 11 is 0. The van der Waals surface area contributed by atoms with Crippen molar-refractivity contribution in [2.75, 3.05) is 105 Å². The van der Waals surface area contributed by atoms with E-state index in [9.17, 15) is 38.4 Å². The van der Waals surface area contributed by atoms with Gasteiger partial charge in [-0.1, -0.05) is 222 Å². The maximum Gasteiger partial charge on any atom is 0.320 e. The number of hydrogen-bond acceptors (Lipinski definition) is 20. The molecular formula is C93H178N4O16. The zero-order valence-electron chi connectivity index (χ0n) is 78.7. The largest absolute Gasteiger partial charge is 0.464 e. The third-order valence-electron chi connectivity index (χ3n) is 20.3. The third kappa shape index (κ3) is 62.5. The van der Waals surface area contributed by atoms with Crippen LogP contribution in [0, 0.1) is 118 Å². The lowest BCUT2D eigenvalue weighted by Gasteiger charge is -2.28. The smallest absolute Gasteiger partial charge is 0.320 e. The molecule has 0 spiro atoms. The van der Waals surface area contributed by atoms with Gasteiger partial charge < -0.3 is 37.9 Å². The van der Waals surface area contributed by atoms with Gasteiger partial charge in [0.2, 0.25) is 0 Å². The summed E-state index contributed by atoms with van der Waals surface area (Å²) in [5.41, 5.74) is 0. The number of esters is 8. The van der Waals surface area contributed by atoms with Crippen molar-refractivity contribution in [3.05, 3.63) is 0 Å². The fourth-order valence-electron chi connectivity index (χ4n) is 14.5. The van der Waals surface area contributed by atoms with Crippen LogP contribution in [0.3, 0.4) is 0 Å². The van der Waals surface area contributed by atoms with Gasteiger partial charge in [0.25, 0.3) is 0 Å². The minimum Gasteiger partial charge on any atom is -0.464 e. The molecule has 0 saturated heterocycles. The SMILES string of the molecule is CC(C)CC(CC(C)C)OC(=O)CN(CCCN(CC(=O)OC(CC(C)C)CC(C)C)CC(=O)OC(CC(C)C)CC(C)C)CC(=O)OC(CC(C)C)CC(C)C.CC(C)CC(COC(=O)CN(CCN(CC(=O)OCC(CC(C)C)C(C)C)CC(=O)OCC(CC(C)C)C(C)C)CC(=O)OCC(CC(C)C)C(C)C)C(C)C. The molecule has 4 atom stereocenters. The van der Waals surface area contributed by atoms with Crippen LogP contribution in [0.5, 0.6) is 0 Å². The molecule has 0 aliphatic heterocycles. The van der Waals surface area contributed by atoms with Gasteiger partial charge in [0.1, 0.15) is 24.4 Å². The highest BCUT2D eigenvalue weighted by Gasteiger charge is 2.31. The molecule has 0 aliphatic carbocycles. The Labute approximate surface area is 693 Å². The van der Waals surface area contributed by atoms with Crippen LogP contribution in [-0.4, -0.2) is 197 Å². The molecule has 0 aromatic heterocycles. The Morgan fingerprint density at radius 3 is 0.478 bits per heavy atom. The summed E-state index contributed by atoms with van der Waals surface area (Å²) in [4.78, 5) is 114. The number of carbonyl (C=O) groups excluding carboxylic acids is 8. The molecule has 113 heavy (non-hydrogen) atoms.